The van der Waals surface area contributed by atoms with Gasteiger partial charge >= 0.3 is 5.51 Å². The van der Waals surface area contributed by atoms with E-state index in [-0.39, 0.29) is 18.8 Å². The van der Waals surface area contributed by atoms with Crippen molar-refractivity contribution >= 4 is 15.5 Å². The Morgan fingerprint density at radius 1 is 1.29 bits per heavy atom. The number of sulfone groups is 1. The van der Waals surface area contributed by atoms with Gasteiger partial charge in [0.25, 0.3) is 9.84 Å². The molecule has 0 unspecified atom stereocenters. The summed E-state index contributed by atoms with van der Waals surface area (Å²) in [4.78, 5) is 0.315. The van der Waals surface area contributed by atoms with E-state index >= 15 is 0 Å². The van der Waals surface area contributed by atoms with Crippen LogP contribution in [0.4, 0.5) is 23.2 Å². The molecule has 0 aliphatic heterocycles. The number of nitrogens with zero attached hydrogens (tertiary/aromatic N) is 3. The van der Waals surface area contributed by atoms with Crippen molar-refractivity contribution in [2.24, 2.45) is 7.05 Å². The maximum Gasteiger partial charge on any atom is 0.501 e. The van der Waals surface area contributed by atoms with Crippen molar-refractivity contribution in [2.45, 2.75) is 23.9 Å². The smallest absolute Gasteiger partial charge is 0.366 e. The van der Waals surface area contributed by atoms with Crippen molar-refractivity contribution in [1.29, 1.82) is 0 Å². The molecule has 0 saturated heterocycles. The number of alkyl halides is 3. The van der Waals surface area contributed by atoms with Gasteiger partial charge in [-0.3, -0.25) is 4.68 Å². The fourth-order valence-electron chi connectivity index (χ4n) is 2.23. The van der Waals surface area contributed by atoms with Crippen LogP contribution in [0.3, 0.4) is 0 Å². The third-order valence-electron chi connectivity index (χ3n) is 3.37. The number of anilines is 1. The molecule has 0 bridgehead atoms. The van der Waals surface area contributed by atoms with Crippen LogP contribution in [0.1, 0.15) is 12.5 Å². The predicted octanol–water partition coefficient (Wildman–Crippen LogP) is 2.88. The number of hydrogen-bond acceptors (Lipinski definition) is 4. The van der Waals surface area contributed by atoms with E-state index in [4.69, 9.17) is 0 Å². The molecule has 0 N–H and O–H groups in total. The Morgan fingerprint density at radius 3 is 2.46 bits per heavy atom. The minimum Gasteiger partial charge on any atom is -0.366 e. The van der Waals surface area contributed by atoms with Gasteiger partial charge in [-0.25, -0.2) is 12.8 Å². The maximum atomic E-state index is 13.4. The van der Waals surface area contributed by atoms with Crippen LogP contribution in [0.25, 0.3) is 0 Å². The highest BCUT2D eigenvalue weighted by Crippen LogP contribution is 2.36. The minimum absolute atomic E-state index is 0.135. The summed E-state index contributed by atoms with van der Waals surface area (Å²) in [5, 5.41) is 3.95. The zero-order valence-electron chi connectivity index (χ0n) is 12.9. The highest BCUT2D eigenvalue weighted by Gasteiger charge is 2.48. The van der Waals surface area contributed by atoms with E-state index in [1.807, 2.05) is 0 Å². The number of rotatable bonds is 5. The molecule has 0 radical (unpaired) electrons. The van der Waals surface area contributed by atoms with E-state index in [0.29, 0.717) is 11.6 Å². The molecule has 1 heterocycles. The van der Waals surface area contributed by atoms with Gasteiger partial charge in [0, 0.05) is 31.9 Å². The summed E-state index contributed by atoms with van der Waals surface area (Å²) in [6, 6.07) is 2.36. The second-order valence-electron chi connectivity index (χ2n) is 5.10. The van der Waals surface area contributed by atoms with Crippen LogP contribution in [0.2, 0.25) is 0 Å². The van der Waals surface area contributed by atoms with Crippen LogP contribution in [-0.2, 0) is 23.4 Å². The minimum atomic E-state index is -5.67. The van der Waals surface area contributed by atoms with Crippen LogP contribution in [-0.4, -0.2) is 30.3 Å². The highest BCUT2D eigenvalue weighted by molar-refractivity contribution is 7.92. The summed E-state index contributed by atoms with van der Waals surface area (Å²) in [6.07, 6.45) is 3.17. The van der Waals surface area contributed by atoms with Crippen molar-refractivity contribution in [3.8, 4) is 0 Å². The fourth-order valence-corrected chi connectivity index (χ4v) is 3.22. The van der Waals surface area contributed by atoms with Crippen LogP contribution in [0.15, 0.2) is 35.5 Å². The molecular formula is C14H15F4N3O2S. The molecule has 0 atom stereocenters. The topological polar surface area (TPSA) is 55.2 Å². The molecule has 0 saturated carbocycles. The molecule has 1 aromatic heterocycles. The summed E-state index contributed by atoms with van der Waals surface area (Å²) in [7, 11) is -4.00. The largest absolute Gasteiger partial charge is 0.501 e. The first-order valence-corrected chi connectivity index (χ1v) is 8.38. The standard InChI is InChI=1S/C14H15F4N3O2S/c1-3-21(9-10-7-19-20(2)8-10)12-5-4-11(15)6-13(12)24(22,23)14(16,17)18/h4-8H,3,9H2,1-2H3. The van der Waals surface area contributed by atoms with Gasteiger partial charge in [0.05, 0.1) is 11.9 Å². The Balaban J connectivity index is 2.52. The van der Waals surface area contributed by atoms with Gasteiger partial charge < -0.3 is 4.90 Å². The Labute approximate surface area is 136 Å². The predicted molar refractivity (Wildman–Crippen MR) is 79.6 cm³/mol. The van der Waals surface area contributed by atoms with Crippen molar-refractivity contribution < 1.29 is 26.0 Å². The maximum absolute atomic E-state index is 13.4. The monoisotopic (exact) mass is 365 g/mol. The second kappa shape index (κ2) is 6.42. The second-order valence-corrected chi connectivity index (χ2v) is 7.01. The van der Waals surface area contributed by atoms with Gasteiger partial charge in [-0.1, -0.05) is 0 Å². The Morgan fingerprint density at radius 2 is 1.96 bits per heavy atom. The van der Waals surface area contributed by atoms with Crippen LogP contribution >= 0.6 is 0 Å². The number of hydrogen-bond donors (Lipinski definition) is 0. The third kappa shape index (κ3) is 3.53. The molecule has 0 spiro atoms. The van der Waals surface area contributed by atoms with Gasteiger partial charge in [0.1, 0.15) is 10.7 Å². The summed E-state index contributed by atoms with van der Waals surface area (Å²) < 4.78 is 77.1. The Kier molecular flexibility index (Phi) is 4.88. The lowest BCUT2D eigenvalue weighted by Crippen LogP contribution is -2.28. The molecule has 1 aromatic carbocycles. The molecule has 0 aliphatic carbocycles. The molecule has 2 rings (SSSR count). The molecule has 2 aromatic rings. The zero-order chi connectivity index (χ0) is 18.1. The first-order valence-electron chi connectivity index (χ1n) is 6.89. The SMILES string of the molecule is CCN(Cc1cnn(C)c1)c1ccc(F)cc1S(=O)(=O)C(F)(F)F. The van der Waals surface area contributed by atoms with Gasteiger partial charge in [0.15, 0.2) is 0 Å². The average Bonchev–Trinajstić information content (AvgIpc) is 2.89. The molecule has 5 nitrogen and oxygen atoms in total. The van der Waals surface area contributed by atoms with Crippen molar-refractivity contribution in [1.82, 2.24) is 9.78 Å². The van der Waals surface area contributed by atoms with E-state index in [1.54, 1.807) is 20.2 Å². The Hall–Kier alpha value is -2.10. The summed E-state index contributed by atoms with van der Waals surface area (Å²) in [5.74, 6) is -1.06. The molecule has 0 fully saturated rings. The molecule has 10 heteroatoms. The van der Waals surface area contributed by atoms with Gasteiger partial charge in [0.2, 0.25) is 0 Å². The summed E-state index contributed by atoms with van der Waals surface area (Å²) >= 11 is 0. The molecule has 24 heavy (non-hydrogen) atoms. The average molecular weight is 365 g/mol. The van der Waals surface area contributed by atoms with Crippen LogP contribution < -0.4 is 4.90 Å². The zero-order valence-corrected chi connectivity index (χ0v) is 13.7. The number of benzene rings is 1. The molecule has 0 aliphatic rings. The van der Waals surface area contributed by atoms with Crippen molar-refractivity contribution in [3.63, 3.8) is 0 Å². The first-order chi connectivity index (χ1) is 11.1. The third-order valence-corrected chi connectivity index (χ3v) is 4.89. The van der Waals surface area contributed by atoms with Gasteiger partial charge in [-0.15, -0.1) is 0 Å². The van der Waals surface area contributed by atoms with E-state index in [1.165, 1.54) is 15.8 Å². The van der Waals surface area contributed by atoms with Crippen LogP contribution in [0, 0.1) is 5.82 Å². The molecule has 0 amide bonds. The lowest BCUT2D eigenvalue weighted by molar-refractivity contribution is -0.0435. The normalized spacial score (nSPS) is 12.4. The van der Waals surface area contributed by atoms with E-state index in [2.05, 4.69) is 5.10 Å². The van der Waals surface area contributed by atoms with Crippen molar-refractivity contribution in [3.05, 3.63) is 42.0 Å². The summed E-state index contributed by atoms with van der Waals surface area (Å²) in [6.45, 7) is 2.01. The van der Waals surface area contributed by atoms with Gasteiger partial charge in [-0.05, 0) is 25.1 Å². The molecule has 132 valence electrons. The van der Waals surface area contributed by atoms with E-state index < -0.39 is 26.1 Å². The fraction of sp³-hybridized carbons (Fsp3) is 0.357. The number of aromatic nitrogens is 2. The lowest BCUT2D eigenvalue weighted by atomic mass is 10.2. The van der Waals surface area contributed by atoms with Gasteiger partial charge in [-0.2, -0.15) is 18.3 Å². The number of aryl methyl sites for hydroxylation is 1. The quantitative estimate of drug-likeness (QED) is 0.765. The number of halogens is 4. The highest BCUT2D eigenvalue weighted by atomic mass is 32.2. The lowest BCUT2D eigenvalue weighted by Gasteiger charge is -2.25. The van der Waals surface area contributed by atoms with E-state index in [9.17, 15) is 26.0 Å². The summed E-state index contributed by atoms with van der Waals surface area (Å²) in [5.41, 5.74) is -5.04. The van der Waals surface area contributed by atoms with E-state index in [0.717, 1.165) is 12.1 Å². The van der Waals surface area contributed by atoms with Crippen molar-refractivity contribution in [2.75, 3.05) is 11.4 Å². The Bertz CT molecular complexity index is 831. The van der Waals surface area contributed by atoms with Crippen LogP contribution in [0.5, 0.6) is 0 Å². The first kappa shape index (κ1) is 18.2. The molecular weight excluding hydrogens is 350 g/mol.